The predicted molar refractivity (Wildman–Crippen MR) is 101 cm³/mol. The van der Waals surface area contributed by atoms with Gasteiger partial charge in [0.25, 0.3) is 0 Å². The lowest BCUT2D eigenvalue weighted by Crippen LogP contribution is -2.22. The first kappa shape index (κ1) is 16.3. The molecule has 0 bridgehead atoms. The van der Waals surface area contributed by atoms with Gasteiger partial charge in [0.1, 0.15) is 0 Å². The average Bonchev–Trinajstić information content (AvgIpc) is 2.52. The van der Waals surface area contributed by atoms with Crippen LogP contribution in [0.3, 0.4) is 0 Å². The van der Waals surface area contributed by atoms with Crippen LogP contribution in [0, 0.1) is 6.92 Å². The topological polar surface area (TPSA) is 27.3 Å². The number of hydrogen-bond acceptors (Lipinski definition) is 2. The molecule has 2 rings (SSSR count). The Morgan fingerprint density at radius 2 is 1.32 bits per heavy atom. The van der Waals surface area contributed by atoms with Crippen molar-refractivity contribution in [1.82, 2.24) is 0 Å². The Kier molecular flexibility index (Phi) is 5.78. The van der Waals surface area contributed by atoms with E-state index in [1.54, 1.807) is 0 Å². The molecule has 0 unspecified atom stereocenters. The van der Waals surface area contributed by atoms with E-state index in [0.29, 0.717) is 5.11 Å². The maximum Gasteiger partial charge on any atom is 0.175 e. The molecular formula is C18H23N3S. The number of nitrogens with zero attached hydrogens (tertiary/aromatic N) is 1. The fourth-order valence-electron chi connectivity index (χ4n) is 2.27. The molecule has 0 heterocycles. The minimum Gasteiger partial charge on any atom is -0.372 e. The fourth-order valence-corrected chi connectivity index (χ4v) is 2.51. The molecule has 2 aromatic carbocycles. The number of anilines is 3. The monoisotopic (exact) mass is 313 g/mol. The minimum atomic E-state index is 0.597. The Balaban J connectivity index is 1.95. The second-order valence-corrected chi connectivity index (χ2v) is 5.57. The third-order valence-electron chi connectivity index (χ3n) is 3.56. The molecule has 0 saturated heterocycles. The summed E-state index contributed by atoms with van der Waals surface area (Å²) in [7, 11) is 0. The third kappa shape index (κ3) is 4.46. The van der Waals surface area contributed by atoms with Crippen LogP contribution in [0.5, 0.6) is 0 Å². The molecule has 0 aliphatic heterocycles. The normalized spacial score (nSPS) is 10.1. The van der Waals surface area contributed by atoms with E-state index >= 15 is 0 Å². The van der Waals surface area contributed by atoms with Crippen LogP contribution in [-0.4, -0.2) is 18.2 Å². The van der Waals surface area contributed by atoms with Crippen molar-refractivity contribution in [3.05, 3.63) is 54.1 Å². The van der Waals surface area contributed by atoms with Gasteiger partial charge in [0.05, 0.1) is 0 Å². The van der Waals surface area contributed by atoms with Crippen molar-refractivity contribution in [2.45, 2.75) is 20.8 Å². The lowest BCUT2D eigenvalue weighted by Gasteiger charge is -2.21. The van der Waals surface area contributed by atoms with Gasteiger partial charge in [-0.1, -0.05) is 17.7 Å². The Morgan fingerprint density at radius 3 is 1.77 bits per heavy atom. The maximum atomic E-state index is 5.35. The summed E-state index contributed by atoms with van der Waals surface area (Å²) in [6, 6.07) is 16.5. The van der Waals surface area contributed by atoms with E-state index in [-0.39, 0.29) is 0 Å². The molecule has 0 fully saturated rings. The first-order chi connectivity index (χ1) is 10.6. The van der Waals surface area contributed by atoms with E-state index in [1.165, 1.54) is 11.3 Å². The summed E-state index contributed by atoms with van der Waals surface area (Å²) in [6.45, 7) is 8.41. The van der Waals surface area contributed by atoms with Crippen molar-refractivity contribution < 1.29 is 0 Å². The van der Waals surface area contributed by atoms with E-state index in [2.05, 4.69) is 72.7 Å². The van der Waals surface area contributed by atoms with Gasteiger partial charge in [0, 0.05) is 30.2 Å². The van der Waals surface area contributed by atoms with E-state index in [0.717, 1.165) is 24.5 Å². The van der Waals surface area contributed by atoms with Crippen LogP contribution in [0.2, 0.25) is 0 Å². The largest absolute Gasteiger partial charge is 0.372 e. The molecule has 22 heavy (non-hydrogen) atoms. The van der Waals surface area contributed by atoms with Gasteiger partial charge in [-0.3, -0.25) is 0 Å². The molecule has 116 valence electrons. The lowest BCUT2D eigenvalue weighted by atomic mass is 10.2. The second-order valence-electron chi connectivity index (χ2n) is 5.16. The minimum absolute atomic E-state index is 0.597. The van der Waals surface area contributed by atoms with Crippen LogP contribution in [0.25, 0.3) is 0 Å². The molecule has 0 aliphatic carbocycles. The summed E-state index contributed by atoms with van der Waals surface area (Å²) < 4.78 is 0. The predicted octanol–water partition coefficient (Wildman–Crippen LogP) is 4.65. The van der Waals surface area contributed by atoms with Crippen LogP contribution in [0.4, 0.5) is 17.1 Å². The standard InChI is InChI=1S/C18H23N3S/c1-4-21(5-2)17-12-10-16(11-13-17)20-18(22)19-15-8-6-14(3)7-9-15/h6-13H,4-5H2,1-3H3,(H2,19,20,22). The smallest absolute Gasteiger partial charge is 0.175 e. The molecule has 0 radical (unpaired) electrons. The molecule has 4 heteroatoms. The van der Waals surface area contributed by atoms with Crippen molar-refractivity contribution in [3.8, 4) is 0 Å². The summed E-state index contributed by atoms with van der Waals surface area (Å²) in [4.78, 5) is 2.31. The van der Waals surface area contributed by atoms with Gasteiger partial charge in [0.15, 0.2) is 5.11 Å². The molecule has 3 nitrogen and oxygen atoms in total. The number of thiocarbonyl (C=S) groups is 1. The fraction of sp³-hybridized carbons (Fsp3) is 0.278. The van der Waals surface area contributed by atoms with Gasteiger partial charge in [0.2, 0.25) is 0 Å². The summed E-state index contributed by atoms with van der Waals surface area (Å²) in [5, 5.41) is 6.99. The number of aryl methyl sites for hydroxylation is 1. The van der Waals surface area contributed by atoms with Crippen LogP contribution in [-0.2, 0) is 0 Å². The Hall–Kier alpha value is -2.07. The molecule has 0 amide bonds. The third-order valence-corrected chi connectivity index (χ3v) is 3.77. The van der Waals surface area contributed by atoms with Gasteiger partial charge in [-0.05, 0) is 69.4 Å². The van der Waals surface area contributed by atoms with E-state index in [1.807, 2.05) is 12.1 Å². The van der Waals surface area contributed by atoms with Crippen molar-refractivity contribution in [1.29, 1.82) is 0 Å². The van der Waals surface area contributed by atoms with Crippen molar-refractivity contribution >= 4 is 34.4 Å². The average molecular weight is 313 g/mol. The zero-order valence-corrected chi connectivity index (χ0v) is 14.2. The van der Waals surface area contributed by atoms with Crippen molar-refractivity contribution in [2.75, 3.05) is 28.6 Å². The first-order valence-electron chi connectivity index (χ1n) is 7.62. The molecule has 0 aliphatic rings. The highest BCUT2D eigenvalue weighted by molar-refractivity contribution is 7.80. The van der Waals surface area contributed by atoms with Gasteiger partial charge in [-0.15, -0.1) is 0 Å². The van der Waals surface area contributed by atoms with Crippen molar-refractivity contribution in [2.24, 2.45) is 0 Å². The van der Waals surface area contributed by atoms with E-state index in [9.17, 15) is 0 Å². The van der Waals surface area contributed by atoms with Crippen LogP contribution < -0.4 is 15.5 Å². The van der Waals surface area contributed by atoms with Gasteiger partial charge in [-0.25, -0.2) is 0 Å². The van der Waals surface area contributed by atoms with Crippen LogP contribution >= 0.6 is 12.2 Å². The Bertz CT molecular complexity index is 601. The van der Waals surface area contributed by atoms with Crippen LogP contribution in [0.15, 0.2) is 48.5 Å². The van der Waals surface area contributed by atoms with Crippen LogP contribution in [0.1, 0.15) is 19.4 Å². The molecule has 0 saturated carbocycles. The highest BCUT2D eigenvalue weighted by Gasteiger charge is 2.03. The summed E-state index contributed by atoms with van der Waals surface area (Å²) in [6.07, 6.45) is 0. The molecule has 2 aromatic rings. The quantitative estimate of drug-likeness (QED) is 0.786. The summed E-state index contributed by atoms with van der Waals surface area (Å²) >= 11 is 5.35. The highest BCUT2D eigenvalue weighted by Crippen LogP contribution is 2.18. The zero-order chi connectivity index (χ0) is 15.9. The number of hydrogen-bond donors (Lipinski definition) is 2. The van der Waals surface area contributed by atoms with Gasteiger partial charge in [-0.2, -0.15) is 0 Å². The van der Waals surface area contributed by atoms with E-state index < -0.39 is 0 Å². The molecule has 0 spiro atoms. The number of benzene rings is 2. The number of rotatable bonds is 5. The summed E-state index contributed by atoms with van der Waals surface area (Å²) in [5.74, 6) is 0. The lowest BCUT2D eigenvalue weighted by molar-refractivity contribution is 0.866. The molecule has 0 atom stereocenters. The molecular weight excluding hydrogens is 290 g/mol. The maximum absolute atomic E-state index is 5.35. The van der Waals surface area contributed by atoms with Gasteiger partial charge < -0.3 is 15.5 Å². The SMILES string of the molecule is CCN(CC)c1ccc(NC(=S)Nc2ccc(C)cc2)cc1. The number of nitrogens with one attached hydrogen (secondary N) is 2. The summed E-state index contributed by atoms with van der Waals surface area (Å²) in [5.41, 5.74) is 4.44. The molecule has 0 aromatic heterocycles. The van der Waals surface area contributed by atoms with Gasteiger partial charge >= 0.3 is 0 Å². The zero-order valence-electron chi connectivity index (χ0n) is 13.4. The Labute approximate surface area is 138 Å². The molecule has 2 N–H and O–H groups in total. The second kappa shape index (κ2) is 7.80. The highest BCUT2D eigenvalue weighted by atomic mass is 32.1. The van der Waals surface area contributed by atoms with Crippen molar-refractivity contribution in [3.63, 3.8) is 0 Å². The Morgan fingerprint density at radius 1 is 0.864 bits per heavy atom. The van der Waals surface area contributed by atoms with E-state index in [4.69, 9.17) is 12.2 Å². The first-order valence-corrected chi connectivity index (χ1v) is 8.03.